The Balaban J connectivity index is 2.65. The number of hydrogen-bond donors (Lipinski definition) is 1. The SMILES string of the molecule is COc1nc2ccccc2cc1C(=O)C(C)N. The summed E-state index contributed by atoms with van der Waals surface area (Å²) >= 11 is 0. The number of ether oxygens (including phenoxy) is 1. The number of hydrogen-bond acceptors (Lipinski definition) is 4. The van der Waals surface area contributed by atoms with E-state index in [4.69, 9.17) is 10.5 Å². The molecule has 0 bridgehead atoms. The fraction of sp³-hybridized carbons (Fsp3) is 0.231. The minimum Gasteiger partial charge on any atom is -0.480 e. The van der Waals surface area contributed by atoms with Crippen molar-refractivity contribution in [2.45, 2.75) is 13.0 Å². The van der Waals surface area contributed by atoms with Gasteiger partial charge in [-0.1, -0.05) is 18.2 Å². The van der Waals surface area contributed by atoms with Gasteiger partial charge in [0, 0.05) is 5.39 Å². The van der Waals surface area contributed by atoms with E-state index in [0.29, 0.717) is 11.4 Å². The van der Waals surface area contributed by atoms with Crippen molar-refractivity contribution >= 4 is 16.7 Å². The lowest BCUT2D eigenvalue weighted by Crippen LogP contribution is -2.27. The van der Waals surface area contributed by atoms with Gasteiger partial charge in [-0.3, -0.25) is 4.79 Å². The van der Waals surface area contributed by atoms with Gasteiger partial charge in [0.1, 0.15) is 0 Å². The zero-order chi connectivity index (χ0) is 12.4. The Hall–Kier alpha value is -1.94. The summed E-state index contributed by atoms with van der Waals surface area (Å²) in [4.78, 5) is 16.2. The van der Waals surface area contributed by atoms with Gasteiger partial charge in [-0.15, -0.1) is 0 Å². The summed E-state index contributed by atoms with van der Waals surface area (Å²) in [6.07, 6.45) is 0. The number of nitrogens with zero attached hydrogens (tertiary/aromatic N) is 1. The molecule has 17 heavy (non-hydrogen) atoms. The summed E-state index contributed by atoms with van der Waals surface area (Å²) in [6.45, 7) is 1.65. The number of carbonyl (C=O) groups excluding carboxylic acids is 1. The van der Waals surface area contributed by atoms with Crippen LogP contribution < -0.4 is 10.5 Å². The van der Waals surface area contributed by atoms with E-state index >= 15 is 0 Å². The number of methoxy groups -OCH3 is 1. The summed E-state index contributed by atoms with van der Waals surface area (Å²) in [5, 5.41) is 0.900. The molecule has 2 N–H and O–H groups in total. The first-order valence-electron chi connectivity index (χ1n) is 5.37. The fourth-order valence-corrected chi connectivity index (χ4v) is 1.68. The normalized spacial score (nSPS) is 12.4. The Labute approximate surface area is 99.4 Å². The van der Waals surface area contributed by atoms with Crippen molar-refractivity contribution in [1.82, 2.24) is 4.98 Å². The van der Waals surface area contributed by atoms with E-state index in [1.807, 2.05) is 24.3 Å². The number of nitrogens with two attached hydrogens (primary N) is 1. The quantitative estimate of drug-likeness (QED) is 0.816. The van der Waals surface area contributed by atoms with Crippen molar-refractivity contribution in [1.29, 1.82) is 0 Å². The molecule has 4 heteroatoms. The maximum absolute atomic E-state index is 11.9. The molecule has 1 atom stereocenters. The molecular formula is C13H14N2O2. The Kier molecular flexibility index (Phi) is 3.06. The van der Waals surface area contributed by atoms with Crippen LogP contribution in [0.1, 0.15) is 17.3 Å². The summed E-state index contributed by atoms with van der Waals surface area (Å²) in [6, 6.07) is 8.77. The highest BCUT2D eigenvalue weighted by Crippen LogP contribution is 2.22. The lowest BCUT2D eigenvalue weighted by atomic mass is 10.0. The Morgan fingerprint density at radius 1 is 1.41 bits per heavy atom. The lowest BCUT2D eigenvalue weighted by Gasteiger charge is -2.10. The second-order valence-corrected chi connectivity index (χ2v) is 3.89. The van der Waals surface area contributed by atoms with Gasteiger partial charge in [-0.25, -0.2) is 4.98 Å². The van der Waals surface area contributed by atoms with Crippen molar-refractivity contribution in [2.24, 2.45) is 5.73 Å². The van der Waals surface area contributed by atoms with Crippen LogP contribution in [0.15, 0.2) is 30.3 Å². The predicted molar refractivity (Wildman–Crippen MR) is 66.3 cm³/mol. The average molecular weight is 230 g/mol. The largest absolute Gasteiger partial charge is 0.480 e. The highest BCUT2D eigenvalue weighted by Gasteiger charge is 2.18. The molecule has 0 fully saturated rings. The molecule has 2 aromatic rings. The van der Waals surface area contributed by atoms with Crippen molar-refractivity contribution in [2.75, 3.05) is 7.11 Å². The standard InChI is InChI=1S/C13H14N2O2/c1-8(14)12(16)10-7-9-5-3-4-6-11(9)15-13(10)17-2/h3-8H,14H2,1-2H3. The molecule has 4 nitrogen and oxygen atoms in total. The van der Waals surface area contributed by atoms with Crippen LogP contribution in [0, 0.1) is 0 Å². The number of benzene rings is 1. The Bertz CT molecular complexity index is 564. The number of ketones is 1. The van der Waals surface area contributed by atoms with Crippen LogP contribution in [-0.2, 0) is 0 Å². The summed E-state index contributed by atoms with van der Waals surface area (Å²) in [5.41, 5.74) is 6.83. The van der Waals surface area contributed by atoms with Gasteiger partial charge in [0.15, 0.2) is 5.78 Å². The van der Waals surface area contributed by atoms with Crippen LogP contribution in [0.2, 0.25) is 0 Å². The van der Waals surface area contributed by atoms with Gasteiger partial charge in [0.2, 0.25) is 5.88 Å². The van der Waals surface area contributed by atoms with Crippen LogP contribution in [-0.4, -0.2) is 23.9 Å². The van der Waals surface area contributed by atoms with E-state index in [0.717, 1.165) is 10.9 Å². The van der Waals surface area contributed by atoms with Crippen LogP contribution in [0.3, 0.4) is 0 Å². The molecule has 1 aromatic carbocycles. The van der Waals surface area contributed by atoms with Crippen LogP contribution in [0.5, 0.6) is 5.88 Å². The number of carbonyl (C=O) groups is 1. The number of pyridine rings is 1. The summed E-state index contributed by atoms with van der Waals surface area (Å²) in [7, 11) is 1.50. The molecule has 2 rings (SSSR count). The van der Waals surface area contributed by atoms with E-state index in [-0.39, 0.29) is 5.78 Å². The summed E-state index contributed by atoms with van der Waals surface area (Å²) in [5.74, 6) is 0.158. The highest BCUT2D eigenvalue weighted by atomic mass is 16.5. The van der Waals surface area contributed by atoms with Crippen molar-refractivity contribution in [3.8, 4) is 5.88 Å². The first-order valence-corrected chi connectivity index (χ1v) is 5.37. The molecule has 1 heterocycles. The molecule has 0 aliphatic carbocycles. The molecule has 0 amide bonds. The number of fused-ring (bicyclic) bond motifs is 1. The number of Topliss-reactive ketones (excluding diaryl/α,β-unsaturated/α-hetero) is 1. The third-order valence-corrected chi connectivity index (χ3v) is 2.56. The van der Waals surface area contributed by atoms with Crippen molar-refractivity contribution in [3.63, 3.8) is 0 Å². The van der Waals surface area contributed by atoms with Crippen molar-refractivity contribution < 1.29 is 9.53 Å². The third kappa shape index (κ3) is 2.12. The fourth-order valence-electron chi connectivity index (χ4n) is 1.68. The molecule has 0 aliphatic rings. The van der Waals surface area contributed by atoms with E-state index in [2.05, 4.69) is 4.98 Å². The molecule has 0 saturated carbocycles. The zero-order valence-corrected chi connectivity index (χ0v) is 9.81. The molecule has 1 aromatic heterocycles. The third-order valence-electron chi connectivity index (χ3n) is 2.56. The van der Waals surface area contributed by atoms with Gasteiger partial charge in [-0.2, -0.15) is 0 Å². The predicted octanol–water partition coefficient (Wildman–Crippen LogP) is 1.77. The topological polar surface area (TPSA) is 65.2 Å². The number of rotatable bonds is 3. The molecule has 0 aliphatic heterocycles. The summed E-state index contributed by atoms with van der Waals surface area (Å²) < 4.78 is 5.14. The van der Waals surface area contributed by atoms with Crippen LogP contribution in [0.4, 0.5) is 0 Å². The van der Waals surface area contributed by atoms with Gasteiger partial charge >= 0.3 is 0 Å². The number of aromatic nitrogens is 1. The molecular weight excluding hydrogens is 216 g/mol. The van der Waals surface area contributed by atoms with Gasteiger partial charge in [-0.05, 0) is 19.1 Å². The highest BCUT2D eigenvalue weighted by molar-refractivity contribution is 6.04. The Morgan fingerprint density at radius 3 is 2.76 bits per heavy atom. The minimum atomic E-state index is -0.563. The van der Waals surface area contributed by atoms with Crippen LogP contribution >= 0.6 is 0 Å². The van der Waals surface area contributed by atoms with Crippen molar-refractivity contribution in [3.05, 3.63) is 35.9 Å². The van der Waals surface area contributed by atoms with E-state index in [9.17, 15) is 4.79 Å². The molecule has 1 unspecified atom stereocenters. The average Bonchev–Trinajstić information content (AvgIpc) is 2.36. The maximum Gasteiger partial charge on any atom is 0.224 e. The first-order chi connectivity index (χ1) is 8.13. The van der Waals surface area contributed by atoms with E-state index < -0.39 is 6.04 Å². The second-order valence-electron chi connectivity index (χ2n) is 3.89. The second kappa shape index (κ2) is 4.51. The first kappa shape index (κ1) is 11.5. The van der Waals surface area contributed by atoms with E-state index in [1.165, 1.54) is 7.11 Å². The van der Waals surface area contributed by atoms with Gasteiger partial charge < -0.3 is 10.5 Å². The molecule has 88 valence electrons. The molecule has 0 radical (unpaired) electrons. The maximum atomic E-state index is 11.9. The minimum absolute atomic E-state index is 0.167. The molecule has 0 saturated heterocycles. The molecule has 0 spiro atoms. The number of para-hydroxylation sites is 1. The van der Waals surface area contributed by atoms with Crippen LogP contribution in [0.25, 0.3) is 10.9 Å². The van der Waals surface area contributed by atoms with Gasteiger partial charge in [0.25, 0.3) is 0 Å². The lowest BCUT2D eigenvalue weighted by molar-refractivity contribution is 0.0964. The monoisotopic (exact) mass is 230 g/mol. The van der Waals surface area contributed by atoms with E-state index in [1.54, 1.807) is 13.0 Å². The smallest absolute Gasteiger partial charge is 0.224 e. The zero-order valence-electron chi connectivity index (χ0n) is 9.81. The Morgan fingerprint density at radius 2 is 2.12 bits per heavy atom. The van der Waals surface area contributed by atoms with Gasteiger partial charge in [0.05, 0.1) is 24.2 Å².